The SMILES string of the molecule is COc1ccc(S(=O)(=O)N(CC(=O)Nc2cc(S(=O)(=O)NC(C)C)ccc2OC)c2ccccc2)cc1C. The number of carbonyl (C=O) groups excluding carboxylic acids is 1. The molecule has 12 heteroatoms. The first kappa shape index (κ1) is 29.0. The van der Waals surface area contributed by atoms with Gasteiger partial charge in [-0.05, 0) is 74.9 Å². The quantitative estimate of drug-likeness (QED) is 0.366. The molecule has 3 aromatic rings. The standard InChI is InChI=1S/C26H31N3O7S2/c1-18(2)28-37(31,32)21-11-14-25(36-5)23(16-21)27-26(30)17-29(20-9-7-6-8-10-20)38(33,34)22-12-13-24(35-4)19(3)15-22/h6-16,18,28H,17H2,1-5H3,(H,27,30). The predicted octanol–water partition coefficient (Wildman–Crippen LogP) is 3.53. The van der Waals surface area contributed by atoms with Crippen LogP contribution in [0.25, 0.3) is 0 Å². The van der Waals surface area contributed by atoms with E-state index in [-0.39, 0.29) is 33.0 Å². The van der Waals surface area contributed by atoms with E-state index in [2.05, 4.69) is 10.0 Å². The molecule has 1 amide bonds. The second kappa shape index (κ2) is 11.8. The Labute approximate surface area is 223 Å². The summed E-state index contributed by atoms with van der Waals surface area (Å²) in [6.07, 6.45) is 0. The summed E-state index contributed by atoms with van der Waals surface area (Å²) in [6, 6.07) is 16.3. The molecule has 3 aromatic carbocycles. The molecule has 0 aromatic heterocycles. The average molecular weight is 562 g/mol. The molecule has 0 heterocycles. The highest BCUT2D eigenvalue weighted by Crippen LogP contribution is 2.30. The van der Waals surface area contributed by atoms with E-state index in [4.69, 9.17) is 9.47 Å². The van der Waals surface area contributed by atoms with E-state index in [1.807, 2.05) is 0 Å². The fourth-order valence-corrected chi connectivity index (χ4v) is 6.48. The first-order valence-corrected chi connectivity index (χ1v) is 14.5. The largest absolute Gasteiger partial charge is 0.496 e. The first-order valence-electron chi connectivity index (χ1n) is 11.6. The fourth-order valence-electron chi connectivity index (χ4n) is 3.70. The Kier molecular flexibility index (Phi) is 9.02. The van der Waals surface area contributed by atoms with Crippen molar-refractivity contribution in [3.05, 3.63) is 72.3 Å². The lowest BCUT2D eigenvalue weighted by molar-refractivity contribution is -0.114. The molecule has 204 valence electrons. The van der Waals surface area contributed by atoms with Gasteiger partial charge in [-0.3, -0.25) is 9.10 Å². The van der Waals surface area contributed by atoms with Gasteiger partial charge >= 0.3 is 0 Å². The minimum Gasteiger partial charge on any atom is -0.496 e. The zero-order chi connectivity index (χ0) is 28.1. The molecule has 0 spiro atoms. The fraction of sp³-hybridized carbons (Fsp3) is 0.269. The molecule has 0 unspecified atom stereocenters. The number of nitrogens with one attached hydrogen (secondary N) is 2. The molecule has 38 heavy (non-hydrogen) atoms. The van der Waals surface area contributed by atoms with Crippen LogP contribution in [-0.2, 0) is 24.8 Å². The van der Waals surface area contributed by atoms with Gasteiger partial charge < -0.3 is 14.8 Å². The number of para-hydroxylation sites is 1. The van der Waals surface area contributed by atoms with Crippen molar-refractivity contribution >= 4 is 37.3 Å². The number of nitrogens with zero attached hydrogens (tertiary/aromatic N) is 1. The second-order valence-electron chi connectivity index (χ2n) is 8.66. The molecule has 0 saturated heterocycles. The number of methoxy groups -OCH3 is 2. The zero-order valence-corrected chi connectivity index (χ0v) is 23.4. The van der Waals surface area contributed by atoms with Crippen molar-refractivity contribution in [2.24, 2.45) is 0 Å². The molecular formula is C26H31N3O7S2. The Bertz CT molecular complexity index is 1510. The number of sulfonamides is 2. The van der Waals surface area contributed by atoms with Crippen LogP contribution in [0.5, 0.6) is 11.5 Å². The van der Waals surface area contributed by atoms with Gasteiger partial charge in [0.2, 0.25) is 15.9 Å². The molecule has 0 atom stereocenters. The van der Waals surface area contributed by atoms with E-state index in [9.17, 15) is 21.6 Å². The summed E-state index contributed by atoms with van der Waals surface area (Å²) < 4.78 is 66.6. The van der Waals surface area contributed by atoms with Crippen molar-refractivity contribution in [2.45, 2.75) is 36.6 Å². The highest BCUT2D eigenvalue weighted by Gasteiger charge is 2.28. The van der Waals surface area contributed by atoms with Gasteiger partial charge in [-0.1, -0.05) is 18.2 Å². The highest BCUT2D eigenvalue weighted by molar-refractivity contribution is 7.92. The number of benzene rings is 3. The predicted molar refractivity (Wildman–Crippen MR) is 146 cm³/mol. The number of hydrogen-bond donors (Lipinski definition) is 2. The van der Waals surface area contributed by atoms with Gasteiger partial charge in [-0.15, -0.1) is 0 Å². The summed E-state index contributed by atoms with van der Waals surface area (Å²) in [4.78, 5) is 13.1. The number of carbonyl (C=O) groups is 1. The molecule has 2 N–H and O–H groups in total. The Balaban J connectivity index is 1.97. The Morgan fingerprint density at radius 3 is 2.05 bits per heavy atom. The number of rotatable bonds is 11. The molecule has 0 aliphatic rings. The lowest BCUT2D eigenvalue weighted by atomic mass is 10.2. The molecular weight excluding hydrogens is 530 g/mol. The van der Waals surface area contributed by atoms with Gasteiger partial charge in [0.25, 0.3) is 10.0 Å². The minimum atomic E-state index is -4.17. The Hall–Kier alpha value is -3.61. The number of ether oxygens (including phenoxy) is 2. The summed E-state index contributed by atoms with van der Waals surface area (Å²) in [5.74, 6) is 0.0379. The van der Waals surface area contributed by atoms with Crippen molar-refractivity contribution < 1.29 is 31.1 Å². The van der Waals surface area contributed by atoms with E-state index in [0.717, 1.165) is 4.31 Å². The zero-order valence-electron chi connectivity index (χ0n) is 21.8. The average Bonchev–Trinajstić information content (AvgIpc) is 2.86. The molecule has 0 aliphatic carbocycles. The maximum Gasteiger partial charge on any atom is 0.264 e. The summed E-state index contributed by atoms with van der Waals surface area (Å²) >= 11 is 0. The molecule has 10 nitrogen and oxygen atoms in total. The van der Waals surface area contributed by atoms with Crippen LogP contribution in [0.15, 0.2) is 76.5 Å². The lowest BCUT2D eigenvalue weighted by Crippen LogP contribution is -2.38. The van der Waals surface area contributed by atoms with Gasteiger partial charge in [0, 0.05) is 6.04 Å². The van der Waals surface area contributed by atoms with Gasteiger partial charge in [-0.2, -0.15) is 0 Å². The molecule has 3 rings (SSSR count). The van der Waals surface area contributed by atoms with Crippen LogP contribution in [0.1, 0.15) is 19.4 Å². The van der Waals surface area contributed by atoms with Gasteiger partial charge in [0.1, 0.15) is 18.0 Å². The number of amides is 1. The van der Waals surface area contributed by atoms with Crippen LogP contribution < -0.4 is 23.8 Å². The molecule has 0 bridgehead atoms. The van der Waals surface area contributed by atoms with Crippen LogP contribution in [0.3, 0.4) is 0 Å². The number of hydrogen-bond acceptors (Lipinski definition) is 7. The molecule has 0 aliphatic heterocycles. The van der Waals surface area contributed by atoms with E-state index < -0.39 is 32.5 Å². The third kappa shape index (κ3) is 6.63. The molecule has 0 fully saturated rings. The van der Waals surface area contributed by atoms with Gasteiger partial charge in [0.05, 0.1) is 35.4 Å². The normalized spacial score (nSPS) is 11.7. The van der Waals surface area contributed by atoms with Gasteiger partial charge in [0.15, 0.2) is 0 Å². The van der Waals surface area contributed by atoms with Crippen LogP contribution in [0, 0.1) is 6.92 Å². The first-order chi connectivity index (χ1) is 17.9. The summed E-state index contributed by atoms with van der Waals surface area (Å²) in [7, 11) is -5.16. The van der Waals surface area contributed by atoms with Crippen LogP contribution in [0.4, 0.5) is 11.4 Å². The van der Waals surface area contributed by atoms with Crippen LogP contribution >= 0.6 is 0 Å². The third-order valence-electron chi connectivity index (χ3n) is 5.43. The van der Waals surface area contributed by atoms with Crippen LogP contribution in [0.2, 0.25) is 0 Å². The third-order valence-corrected chi connectivity index (χ3v) is 8.86. The smallest absolute Gasteiger partial charge is 0.264 e. The number of aryl methyl sites for hydroxylation is 1. The minimum absolute atomic E-state index is 0.0158. The Morgan fingerprint density at radius 2 is 1.47 bits per heavy atom. The van der Waals surface area contributed by atoms with Gasteiger partial charge in [-0.25, -0.2) is 21.6 Å². The van der Waals surface area contributed by atoms with Crippen LogP contribution in [-0.4, -0.2) is 49.5 Å². The summed E-state index contributed by atoms with van der Waals surface area (Å²) in [5.41, 5.74) is 0.971. The molecule has 0 saturated carbocycles. The van der Waals surface area contributed by atoms with E-state index in [1.54, 1.807) is 57.2 Å². The number of anilines is 2. The summed E-state index contributed by atoms with van der Waals surface area (Å²) in [6.45, 7) is 4.51. The van der Waals surface area contributed by atoms with E-state index in [1.165, 1.54) is 44.6 Å². The highest BCUT2D eigenvalue weighted by atomic mass is 32.2. The monoisotopic (exact) mass is 561 g/mol. The second-order valence-corrected chi connectivity index (χ2v) is 12.2. The molecule has 0 radical (unpaired) electrons. The van der Waals surface area contributed by atoms with E-state index in [0.29, 0.717) is 11.3 Å². The lowest BCUT2D eigenvalue weighted by Gasteiger charge is -2.24. The van der Waals surface area contributed by atoms with Crippen molar-refractivity contribution in [3.63, 3.8) is 0 Å². The van der Waals surface area contributed by atoms with Crippen molar-refractivity contribution in [1.82, 2.24) is 4.72 Å². The maximum atomic E-state index is 13.7. The van der Waals surface area contributed by atoms with Crippen molar-refractivity contribution in [1.29, 1.82) is 0 Å². The maximum absolute atomic E-state index is 13.7. The summed E-state index contributed by atoms with van der Waals surface area (Å²) in [5, 5.41) is 2.60. The van der Waals surface area contributed by atoms with E-state index >= 15 is 0 Å². The van der Waals surface area contributed by atoms with Crippen molar-refractivity contribution in [2.75, 3.05) is 30.4 Å². The Morgan fingerprint density at radius 1 is 0.868 bits per heavy atom. The van der Waals surface area contributed by atoms with Crippen molar-refractivity contribution in [3.8, 4) is 11.5 Å². The topological polar surface area (TPSA) is 131 Å².